The van der Waals surface area contributed by atoms with Crippen LogP contribution < -0.4 is 15.6 Å². The largest absolute Gasteiger partial charge is 0.497 e. The van der Waals surface area contributed by atoms with Crippen LogP contribution in [0, 0.1) is 6.92 Å². The predicted molar refractivity (Wildman–Crippen MR) is 125 cm³/mol. The molecule has 0 unspecified atom stereocenters. The van der Waals surface area contributed by atoms with Gasteiger partial charge < -0.3 is 20.0 Å². The molecule has 0 spiro atoms. The van der Waals surface area contributed by atoms with E-state index in [1.165, 1.54) is 17.3 Å². The molecule has 160 valence electrons. The number of aromatic amines is 2. The zero-order valence-electron chi connectivity index (χ0n) is 17.4. The van der Waals surface area contributed by atoms with Gasteiger partial charge in [0.2, 0.25) is 0 Å². The van der Waals surface area contributed by atoms with Crippen LogP contribution in [0.2, 0.25) is 0 Å². The predicted octanol–water partition coefficient (Wildman–Crippen LogP) is 4.01. The third-order valence-corrected chi connectivity index (χ3v) is 6.46. The Balaban J connectivity index is 1.60. The summed E-state index contributed by atoms with van der Waals surface area (Å²) in [7, 11) is 1.67. The highest BCUT2D eigenvalue weighted by Gasteiger charge is 2.12. The van der Waals surface area contributed by atoms with Crippen molar-refractivity contribution < 1.29 is 4.74 Å². The summed E-state index contributed by atoms with van der Waals surface area (Å²) in [6.45, 7) is 4.70. The molecule has 0 amide bonds. The maximum Gasteiger partial charge on any atom is 0.256 e. The molecule has 3 N–H and O–H groups in total. The lowest BCUT2D eigenvalue weighted by atomic mass is 10.2. The Bertz CT molecular complexity index is 1000. The van der Waals surface area contributed by atoms with E-state index in [1.807, 2.05) is 26.0 Å². The maximum absolute atomic E-state index is 12.7. The Morgan fingerprint density at radius 1 is 1.20 bits per heavy atom. The summed E-state index contributed by atoms with van der Waals surface area (Å²) in [4.78, 5) is 27.6. The van der Waals surface area contributed by atoms with Crippen molar-refractivity contribution in [3.05, 3.63) is 63.5 Å². The number of hydrogen-bond donors (Lipinski definition) is 3. The quantitative estimate of drug-likeness (QED) is 0.233. The first-order valence-electron chi connectivity index (χ1n) is 9.80. The van der Waals surface area contributed by atoms with Gasteiger partial charge in [-0.1, -0.05) is 23.9 Å². The number of hydrogen-bond acceptors (Lipinski definition) is 7. The number of anilines is 1. The summed E-state index contributed by atoms with van der Waals surface area (Å²) in [6, 6.07) is 8.07. The molecule has 0 atom stereocenters. The molecule has 0 aliphatic heterocycles. The molecule has 0 saturated heterocycles. The Kier molecular flexibility index (Phi) is 8.27. The zero-order valence-corrected chi connectivity index (χ0v) is 19.1. The molecular weight excluding hydrogens is 418 g/mol. The van der Waals surface area contributed by atoms with E-state index in [9.17, 15) is 4.79 Å². The monoisotopic (exact) mass is 445 g/mol. The minimum absolute atomic E-state index is 0.0766. The molecule has 0 aliphatic rings. The van der Waals surface area contributed by atoms with Crippen LogP contribution in [0.5, 0.6) is 5.75 Å². The molecule has 30 heavy (non-hydrogen) atoms. The third kappa shape index (κ3) is 6.06. The average Bonchev–Trinajstić information content (AvgIpc) is 3.16. The number of aromatic nitrogens is 4. The number of imidazole rings is 1. The van der Waals surface area contributed by atoms with Crippen LogP contribution in [0.15, 0.2) is 40.5 Å². The van der Waals surface area contributed by atoms with Gasteiger partial charge in [-0.25, -0.2) is 9.97 Å². The summed E-state index contributed by atoms with van der Waals surface area (Å²) in [5.74, 6) is 3.92. The van der Waals surface area contributed by atoms with Gasteiger partial charge in [0, 0.05) is 23.7 Å². The van der Waals surface area contributed by atoms with Crippen molar-refractivity contribution in [3.63, 3.8) is 0 Å². The molecular formula is C21H27N5O2S2. The number of thioether (sulfide) groups is 2. The van der Waals surface area contributed by atoms with Crippen molar-refractivity contribution in [2.45, 2.75) is 36.9 Å². The smallest absolute Gasteiger partial charge is 0.256 e. The second-order valence-electron chi connectivity index (χ2n) is 6.64. The van der Waals surface area contributed by atoms with Crippen LogP contribution in [-0.2, 0) is 17.9 Å². The minimum atomic E-state index is -0.0766. The molecule has 9 heteroatoms. The fourth-order valence-corrected chi connectivity index (χ4v) is 4.65. The van der Waals surface area contributed by atoms with Crippen molar-refractivity contribution >= 4 is 29.3 Å². The first-order valence-corrected chi connectivity index (χ1v) is 11.9. The average molecular weight is 446 g/mol. The summed E-state index contributed by atoms with van der Waals surface area (Å²) in [5.41, 5.74) is 3.86. The van der Waals surface area contributed by atoms with Crippen molar-refractivity contribution in [1.82, 2.24) is 19.9 Å². The van der Waals surface area contributed by atoms with Crippen LogP contribution in [0.1, 0.15) is 29.4 Å². The van der Waals surface area contributed by atoms with Crippen molar-refractivity contribution in [2.75, 3.05) is 24.7 Å². The lowest BCUT2D eigenvalue weighted by molar-refractivity contribution is 0.414. The third-order valence-electron chi connectivity index (χ3n) is 4.54. The number of methoxy groups -OCH3 is 1. The van der Waals surface area contributed by atoms with E-state index in [2.05, 4.69) is 37.4 Å². The van der Waals surface area contributed by atoms with E-state index >= 15 is 0 Å². The highest BCUT2D eigenvalue weighted by molar-refractivity contribution is 7.98. The van der Waals surface area contributed by atoms with Crippen LogP contribution in [0.3, 0.4) is 0 Å². The van der Waals surface area contributed by atoms with Crippen LogP contribution in [0.4, 0.5) is 5.82 Å². The molecule has 0 bridgehead atoms. The van der Waals surface area contributed by atoms with Gasteiger partial charge in [0.1, 0.15) is 11.6 Å². The number of ether oxygens (including phenoxy) is 1. The van der Waals surface area contributed by atoms with Gasteiger partial charge in [-0.15, -0.1) is 0 Å². The van der Waals surface area contributed by atoms with Crippen LogP contribution >= 0.6 is 23.5 Å². The lowest BCUT2D eigenvalue weighted by Gasteiger charge is -2.11. The number of nitrogens with zero attached hydrogens (tertiary/aromatic N) is 2. The number of aryl methyl sites for hydroxylation is 1. The standard InChI is InChI=1S/C21H27N5O2S2/c1-4-22-19-17(9-10-29-11-15-5-7-16(28-3)8-6-15)20(27)26-21(25-19)30-12-18-14(2)23-13-24-18/h5-8,13H,4,9-12H2,1-3H3,(H,23,24)(H2,22,25,26,27). The normalized spacial score (nSPS) is 10.9. The molecule has 2 aromatic heterocycles. The zero-order chi connectivity index (χ0) is 21.3. The number of rotatable bonds is 11. The first kappa shape index (κ1) is 22.3. The molecule has 2 heterocycles. The maximum atomic E-state index is 12.7. The van der Waals surface area contributed by atoms with E-state index in [1.54, 1.807) is 25.2 Å². The van der Waals surface area contributed by atoms with Crippen molar-refractivity contribution in [3.8, 4) is 5.75 Å². The molecule has 1 aromatic carbocycles. The minimum Gasteiger partial charge on any atom is -0.497 e. The molecule has 0 aliphatic carbocycles. The van der Waals surface area contributed by atoms with Gasteiger partial charge >= 0.3 is 0 Å². The van der Waals surface area contributed by atoms with E-state index in [4.69, 9.17) is 4.74 Å². The molecule has 0 fully saturated rings. The topological polar surface area (TPSA) is 95.7 Å². The fourth-order valence-electron chi connectivity index (χ4n) is 2.85. The van der Waals surface area contributed by atoms with Gasteiger partial charge in [-0.3, -0.25) is 4.79 Å². The summed E-state index contributed by atoms with van der Waals surface area (Å²) in [6.07, 6.45) is 2.34. The highest BCUT2D eigenvalue weighted by atomic mass is 32.2. The lowest BCUT2D eigenvalue weighted by Crippen LogP contribution is -2.20. The summed E-state index contributed by atoms with van der Waals surface area (Å²) in [5, 5.41) is 3.85. The Morgan fingerprint density at radius 2 is 2.00 bits per heavy atom. The number of H-pyrrole nitrogens is 2. The van der Waals surface area contributed by atoms with Crippen LogP contribution in [0.25, 0.3) is 0 Å². The van der Waals surface area contributed by atoms with Crippen molar-refractivity contribution in [1.29, 1.82) is 0 Å². The number of benzene rings is 1. The Labute approximate surface area is 184 Å². The van der Waals surface area contributed by atoms with Gasteiger partial charge in [-0.2, -0.15) is 11.8 Å². The second kappa shape index (κ2) is 11.1. The van der Waals surface area contributed by atoms with Crippen molar-refractivity contribution in [2.24, 2.45) is 0 Å². The van der Waals surface area contributed by atoms with E-state index < -0.39 is 0 Å². The molecule has 0 saturated carbocycles. The van der Waals surface area contributed by atoms with Gasteiger partial charge in [-0.05, 0) is 43.7 Å². The van der Waals surface area contributed by atoms with E-state index in [0.717, 1.165) is 28.6 Å². The first-order chi connectivity index (χ1) is 14.6. The van der Waals surface area contributed by atoms with E-state index in [-0.39, 0.29) is 5.56 Å². The molecule has 0 radical (unpaired) electrons. The molecule has 3 aromatic rings. The summed E-state index contributed by atoms with van der Waals surface area (Å²) < 4.78 is 5.19. The highest BCUT2D eigenvalue weighted by Crippen LogP contribution is 2.22. The second-order valence-corrected chi connectivity index (χ2v) is 8.71. The SMILES string of the molecule is CCNc1nc(SCc2nc[nH]c2C)[nH]c(=O)c1CCSCc1ccc(OC)cc1. The van der Waals surface area contributed by atoms with Gasteiger partial charge in [0.15, 0.2) is 5.16 Å². The molecule has 3 rings (SSSR count). The van der Waals surface area contributed by atoms with Gasteiger partial charge in [0.05, 0.1) is 24.7 Å². The van der Waals surface area contributed by atoms with Gasteiger partial charge in [0.25, 0.3) is 5.56 Å². The Hall–Kier alpha value is -2.39. The molecule has 7 nitrogen and oxygen atoms in total. The summed E-state index contributed by atoms with van der Waals surface area (Å²) >= 11 is 3.28. The Morgan fingerprint density at radius 3 is 2.67 bits per heavy atom. The number of nitrogens with one attached hydrogen (secondary N) is 3. The van der Waals surface area contributed by atoms with Crippen LogP contribution in [-0.4, -0.2) is 39.3 Å². The van der Waals surface area contributed by atoms with E-state index in [0.29, 0.717) is 35.3 Å². The fraction of sp³-hybridized carbons (Fsp3) is 0.381.